The maximum absolute atomic E-state index is 5.74. The highest BCUT2D eigenvalue weighted by Crippen LogP contribution is 2.65. The molecular formula is C33H47O2P2. The Morgan fingerprint density at radius 3 is 1.43 bits per heavy atom. The van der Waals surface area contributed by atoms with Crippen LogP contribution in [0.5, 0.6) is 11.5 Å². The van der Waals surface area contributed by atoms with E-state index in [-0.39, 0.29) is 18.2 Å². The second kappa shape index (κ2) is 11.2. The smallest absolute Gasteiger partial charge is 0.124 e. The fourth-order valence-electron chi connectivity index (χ4n) is 6.57. The zero-order valence-electron chi connectivity index (χ0n) is 25.3. The molecule has 0 aliphatic heterocycles. The minimum Gasteiger partial charge on any atom is -0.496 e. The number of ether oxygens (including phenoxy) is 2. The van der Waals surface area contributed by atoms with Crippen LogP contribution >= 0.6 is 15.8 Å². The Morgan fingerprint density at radius 2 is 1.11 bits per heavy atom. The molecule has 1 aliphatic rings. The Balaban J connectivity index is 2.22. The van der Waals surface area contributed by atoms with Gasteiger partial charge in [0.2, 0.25) is 0 Å². The van der Waals surface area contributed by atoms with Gasteiger partial charge in [-0.3, -0.25) is 0 Å². The zero-order valence-corrected chi connectivity index (χ0v) is 27.1. The van der Waals surface area contributed by atoms with Gasteiger partial charge in [-0.15, -0.1) is 0 Å². The first-order valence-corrected chi connectivity index (χ1v) is 16.1. The van der Waals surface area contributed by atoms with Gasteiger partial charge in [0.1, 0.15) is 11.5 Å². The Kier molecular flexibility index (Phi) is 9.09. The van der Waals surface area contributed by atoms with E-state index in [2.05, 4.69) is 119 Å². The number of hydrogen-bond acceptors (Lipinski definition) is 2. The number of allylic oxidation sites excluding steroid dienone is 4. The van der Waals surface area contributed by atoms with E-state index in [0.29, 0.717) is 11.3 Å². The summed E-state index contributed by atoms with van der Waals surface area (Å²) in [5.41, 5.74) is 7.05. The van der Waals surface area contributed by atoms with E-state index < -0.39 is 7.92 Å². The monoisotopic (exact) mass is 537 g/mol. The second-order valence-corrected chi connectivity index (χ2v) is 18.9. The van der Waals surface area contributed by atoms with Gasteiger partial charge in [-0.05, 0) is 115 Å². The summed E-state index contributed by atoms with van der Waals surface area (Å²) in [6.45, 7) is 25.7. The van der Waals surface area contributed by atoms with Gasteiger partial charge >= 0.3 is 0 Å². The minimum atomic E-state index is -0.707. The summed E-state index contributed by atoms with van der Waals surface area (Å²) in [4.78, 5) is 0. The van der Waals surface area contributed by atoms with Crippen molar-refractivity contribution in [1.82, 2.24) is 0 Å². The van der Waals surface area contributed by atoms with Crippen molar-refractivity contribution in [2.45, 2.75) is 97.8 Å². The van der Waals surface area contributed by atoms with Crippen molar-refractivity contribution < 1.29 is 9.47 Å². The molecule has 1 radical (unpaired) electrons. The van der Waals surface area contributed by atoms with E-state index in [9.17, 15) is 0 Å². The molecule has 0 spiro atoms. The molecular weight excluding hydrogens is 490 g/mol. The summed E-state index contributed by atoms with van der Waals surface area (Å²) >= 11 is 0. The Labute approximate surface area is 229 Å². The molecule has 2 aromatic carbocycles. The second-order valence-electron chi connectivity index (χ2n) is 12.4. The summed E-state index contributed by atoms with van der Waals surface area (Å²) in [6.07, 6.45) is 8.38. The number of methoxy groups -OCH3 is 2. The van der Waals surface area contributed by atoms with Crippen molar-refractivity contribution in [2.75, 3.05) is 14.2 Å². The predicted octanol–water partition coefficient (Wildman–Crippen LogP) is 8.51. The molecule has 0 N–H and O–H groups in total. The molecule has 37 heavy (non-hydrogen) atoms. The summed E-state index contributed by atoms with van der Waals surface area (Å²) in [5, 5.41) is 3.29. The molecule has 0 amide bonds. The van der Waals surface area contributed by atoms with Gasteiger partial charge < -0.3 is 9.47 Å². The summed E-state index contributed by atoms with van der Waals surface area (Å²) in [7, 11) is 2.52. The molecule has 2 nitrogen and oxygen atoms in total. The maximum atomic E-state index is 5.74. The van der Waals surface area contributed by atoms with Crippen LogP contribution in [-0.4, -0.2) is 35.8 Å². The van der Waals surface area contributed by atoms with Gasteiger partial charge in [0.25, 0.3) is 0 Å². The molecule has 2 aromatic rings. The third kappa shape index (κ3) is 6.18. The highest BCUT2D eigenvalue weighted by Gasteiger charge is 2.42. The van der Waals surface area contributed by atoms with Crippen LogP contribution < -0.4 is 20.1 Å². The van der Waals surface area contributed by atoms with Crippen molar-refractivity contribution in [2.24, 2.45) is 0 Å². The first kappa shape index (κ1) is 29.9. The van der Waals surface area contributed by atoms with Crippen molar-refractivity contribution in [3.8, 4) is 11.5 Å². The molecule has 0 aromatic heterocycles. The molecule has 1 unspecified atom stereocenters. The highest BCUT2D eigenvalue weighted by atomic mass is 31.1. The van der Waals surface area contributed by atoms with E-state index in [1.807, 2.05) is 0 Å². The van der Waals surface area contributed by atoms with Crippen molar-refractivity contribution in [3.05, 3.63) is 70.3 Å². The lowest BCUT2D eigenvalue weighted by Gasteiger charge is -2.47. The molecule has 0 bridgehead atoms. The SMILES string of the molecule is COc1c(C)cc(P(c2cc(C)c(OC)c(C)c2)C2C=C[C]=C2[C@H](C)P(C(C)(C)C)C(C)(C)C)cc1C. The van der Waals surface area contributed by atoms with Crippen LogP contribution in [0.15, 0.2) is 42.0 Å². The largest absolute Gasteiger partial charge is 0.496 e. The van der Waals surface area contributed by atoms with Crippen LogP contribution in [0.3, 0.4) is 0 Å². The zero-order chi connectivity index (χ0) is 27.9. The highest BCUT2D eigenvalue weighted by molar-refractivity contribution is 7.74. The molecule has 4 heteroatoms. The van der Waals surface area contributed by atoms with Gasteiger partial charge in [-0.25, -0.2) is 0 Å². The van der Waals surface area contributed by atoms with Crippen LogP contribution in [0.2, 0.25) is 0 Å². The summed E-state index contributed by atoms with van der Waals surface area (Å²) in [6, 6.07) is 9.43. The predicted molar refractivity (Wildman–Crippen MR) is 167 cm³/mol. The van der Waals surface area contributed by atoms with Crippen molar-refractivity contribution in [1.29, 1.82) is 0 Å². The fourth-order valence-corrected chi connectivity index (χ4v) is 14.6. The molecule has 0 fully saturated rings. The van der Waals surface area contributed by atoms with Gasteiger partial charge in [0.15, 0.2) is 0 Å². The van der Waals surface area contributed by atoms with Crippen molar-refractivity contribution >= 4 is 26.5 Å². The molecule has 2 atom stereocenters. The van der Waals surface area contributed by atoms with E-state index >= 15 is 0 Å². The number of benzene rings is 2. The quantitative estimate of drug-likeness (QED) is 0.330. The average Bonchev–Trinajstić information content (AvgIpc) is 3.21. The molecule has 1 aliphatic carbocycles. The lowest BCUT2D eigenvalue weighted by Crippen LogP contribution is -2.34. The van der Waals surface area contributed by atoms with Crippen LogP contribution in [0.1, 0.15) is 70.7 Å². The molecule has 0 heterocycles. The Bertz CT molecular complexity index is 1070. The third-order valence-electron chi connectivity index (χ3n) is 7.26. The first-order chi connectivity index (χ1) is 17.1. The van der Waals surface area contributed by atoms with E-state index in [0.717, 1.165) is 11.5 Å². The lowest BCUT2D eigenvalue weighted by molar-refractivity contribution is 0.408. The molecule has 0 saturated carbocycles. The number of aryl methyl sites for hydroxylation is 4. The normalized spacial score (nSPS) is 16.9. The third-order valence-corrected chi connectivity index (χ3v) is 13.8. The average molecular weight is 538 g/mol. The van der Waals surface area contributed by atoms with E-state index in [1.54, 1.807) is 14.2 Å². The standard InChI is InChI=1S/C33H47O2P2/c1-21-17-26(18-22(2)30(21)34-12)36(27-19-23(3)31(35-13)24(4)20-27)29-16-14-15-28(29)25(5)37(32(6,7)8)33(9,10)11/h14,16-20,25,29H,1-13H3/t25-,29?/m0/s1. The summed E-state index contributed by atoms with van der Waals surface area (Å²) < 4.78 is 11.5. The molecule has 3 rings (SSSR count). The fraction of sp³-hybridized carbons (Fsp3) is 0.515. The molecule has 201 valence electrons. The maximum Gasteiger partial charge on any atom is 0.124 e. The van der Waals surface area contributed by atoms with Crippen LogP contribution in [0.4, 0.5) is 0 Å². The van der Waals surface area contributed by atoms with Crippen LogP contribution in [0.25, 0.3) is 0 Å². The Morgan fingerprint density at radius 1 is 0.730 bits per heavy atom. The van der Waals surface area contributed by atoms with Gasteiger partial charge in [-0.1, -0.05) is 68.5 Å². The van der Waals surface area contributed by atoms with Gasteiger partial charge in [0, 0.05) is 11.3 Å². The molecule has 0 saturated heterocycles. The number of rotatable bonds is 7. The number of hydrogen-bond donors (Lipinski definition) is 0. The van der Waals surface area contributed by atoms with Gasteiger partial charge in [-0.2, -0.15) is 0 Å². The lowest BCUT2D eigenvalue weighted by atomic mass is 10.1. The topological polar surface area (TPSA) is 18.5 Å². The Hall–Kier alpha value is -1.62. The first-order valence-electron chi connectivity index (χ1n) is 13.3. The summed E-state index contributed by atoms with van der Waals surface area (Å²) in [5.74, 6) is 1.98. The van der Waals surface area contributed by atoms with Crippen LogP contribution in [-0.2, 0) is 0 Å². The van der Waals surface area contributed by atoms with Crippen LogP contribution in [0, 0.1) is 33.8 Å². The van der Waals surface area contributed by atoms with E-state index in [4.69, 9.17) is 9.47 Å². The van der Waals surface area contributed by atoms with E-state index in [1.165, 1.54) is 38.4 Å². The van der Waals surface area contributed by atoms with Crippen molar-refractivity contribution in [3.63, 3.8) is 0 Å². The minimum absolute atomic E-state index is 0.248. The van der Waals surface area contributed by atoms with Gasteiger partial charge in [0.05, 0.1) is 14.2 Å².